The van der Waals surface area contributed by atoms with Crippen molar-refractivity contribution < 1.29 is 4.79 Å². The van der Waals surface area contributed by atoms with Gasteiger partial charge in [0.25, 0.3) is 0 Å². The van der Waals surface area contributed by atoms with Gasteiger partial charge in [0.05, 0.1) is 6.04 Å². The molecule has 0 aliphatic carbocycles. The summed E-state index contributed by atoms with van der Waals surface area (Å²) >= 11 is 0. The van der Waals surface area contributed by atoms with Gasteiger partial charge in [-0.05, 0) is 25.1 Å². The molecule has 3 heterocycles. The Kier molecular flexibility index (Phi) is 5.12. The van der Waals surface area contributed by atoms with Crippen molar-refractivity contribution in [1.82, 2.24) is 24.3 Å². The first-order chi connectivity index (χ1) is 11.3. The highest BCUT2D eigenvalue weighted by Crippen LogP contribution is 2.23. The largest absolute Gasteiger partial charge is 0.354 e. The normalized spacial score (nSPS) is 19.2. The second-order valence-electron chi connectivity index (χ2n) is 5.98. The SMILES string of the molecule is CCN1CCN(C(=O)CCCn2cccc2)C[C@@H]1c1ncc[nH]1. The predicted octanol–water partition coefficient (Wildman–Crippen LogP) is 1.90. The zero-order valence-corrected chi connectivity index (χ0v) is 13.7. The highest BCUT2D eigenvalue weighted by molar-refractivity contribution is 5.76. The summed E-state index contributed by atoms with van der Waals surface area (Å²) in [5.74, 6) is 1.21. The van der Waals surface area contributed by atoms with E-state index in [-0.39, 0.29) is 11.9 Å². The van der Waals surface area contributed by atoms with Crippen molar-refractivity contribution in [3.63, 3.8) is 0 Å². The van der Waals surface area contributed by atoms with E-state index in [0.29, 0.717) is 6.42 Å². The van der Waals surface area contributed by atoms with Gasteiger partial charge in [0.1, 0.15) is 5.82 Å². The molecule has 6 heteroatoms. The number of aromatic amines is 1. The molecule has 1 fully saturated rings. The summed E-state index contributed by atoms with van der Waals surface area (Å²) in [6.45, 7) is 6.48. The number of piperazine rings is 1. The van der Waals surface area contributed by atoms with Crippen LogP contribution in [-0.4, -0.2) is 56.4 Å². The Morgan fingerprint density at radius 1 is 1.35 bits per heavy atom. The molecule has 6 nitrogen and oxygen atoms in total. The summed E-state index contributed by atoms with van der Waals surface area (Å²) in [7, 11) is 0. The average Bonchev–Trinajstić information content (AvgIpc) is 3.27. The number of amides is 1. The van der Waals surface area contributed by atoms with Crippen LogP contribution in [0.1, 0.15) is 31.6 Å². The van der Waals surface area contributed by atoms with Crippen LogP contribution in [0.15, 0.2) is 36.9 Å². The Labute approximate surface area is 137 Å². The summed E-state index contributed by atoms with van der Waals surface area (Å²) in [6.07, 6.45) is 9.19. The van der Waals surface area contributed by atoms with Gasteiger partial charge in [-0.1, -0.05) is 6.92 Å². The maximum absolute atomic E-state index is 12.5. The molecule has 1 aliphatic heterocycles. The molecule has 1 amide bonds. The van der Waals surface area contributed by atoms with Crippen molar-refractivity contribution in [3.05, 3.63) is 42.7 Å². The lowest BCUT2D eigenvalue weighted by Crippen LogP contribution is -2.50. The molecular formula is C17H25N5O. The number of nitrogens with one attached hydrogen (secondary N) is 1. The molecule has 0 aromatic carbocycles. The Morgan fingerprint density at radius 3 is 2.87 bits per heavy atom. The van der Waals surface area contributed by atoms with Crippen LogP contribution in [0.5, 0.6) is 0 Å². The second-order valence-corrected chi connectivity index (χ2v) is 5.98. The minimum atomic E-state index is 0.178. The highest BCUT2D eigenvalue weighted by atomic mass is 16.2. The Hall–Kier alpha value is -2.08. The Balaban J connectivity index is 1.54. The predicted molar refractivity (Wildman–Crippen MR) is 88.8 cm³/mol. The number of aromatic nitrogens is 3. The third-order valence-corrected chi connectivity index (χ3v) is 4.56. The molecular weight excluding hydrogens is 290 g/mol. The van der Waals surface area contributed by atoms with E-state index in [2.05, 4.69) is 26.4 Å². The molecule has 2 aromatic heterocycles. The van der Waals surface area contributed by atoms with E-state index in [9.17, 15) is 4.79 Å². The van der Waals surface area contributed by atoms with Crippen LogP contribution >= 0.6 is 0 Å². The number of hydrogen-bond donors (Lipinski definition) is 1. The zero-order chi connectivity index (χ0) is 16.1. The number of hydrogen-bond acceptors (Lipinski definition) is 3. The number of nitrogens with zero attached hydrogens (tertiary/aromatic N) is 4. The number of carbonyl (C=O) groups is 1. The van der Waals surface area contributed by atoms with Gasteiger partial charge in [-0.2, -0.15) is 0 Å². The molecule has 3 rings (SSSR count). The smallest absolute Gasteiger partial charge is 0.222 e. The van der Waals surface area contributed by atoms with Crippen molar-refractivity contribution in [2.45, 2.75) is 32.4 Å². The van der Waals surface area contributed by atoms with E-state index in [1.807, 2.05) is 35.6 Å². The van der Waals surface area contributed by atoms with E-state index in [1.54, 1.807) is 6.20 Å². The lowest BCUT2D eigenvalue weighted by molar-refractivity contribution is -0.134. The molecule has 0 saturated carbocycles. The molecule has 0 spiro atoms. The van der Waals surface area contributed by atoms with E-state index >= 15 is 0 Å². The van der Waals surface area contributed by atoms with E-state index in [0.717, 1.165) is 45.0 Å². The van der Waals surface area contributed by atoms with Crippen LogP contribution in [0.3, 0.4) is 0 Å². The quantitative estimate of drug-likeness (QED) is 0.886. The van der Waals surface area contributed by atoms with Crippen LogP contribution in [-0.2, 0) is 11.3 Å². The van der Waals surface area contributed by atoms with Crippen LogP contribution in [0, 0.1) is 0 Å². The van der Waals surface area contributed by atoms with Crippen molar-refractivity contribution in [2.24, 2.45) is 0 Å². The first-order valence-electron chi connectivity index (χ1n) is 8.39. The first kappa shape index (κ1) is 15.8. The lowest BCUT2D eigenvalue weighted by atomic mass is 10.1. The van der Waals surface area contributed by atoms with Gasteiger partial charge in [0.2, 0.25) is 5.91 Å². The van der Waals surface area contributed by atoms with Gasteiger partial charge in [-0.25, -0.2) is 4.98 Å². The standard InChI is InChI=1S/C17H25N5O/c1-2-21-12-13-22(14-15(21)17-18-7-8-19-17)16(23)6-5-11-20-9-3-4-10-20/h3-4,7-10,15H,2,5-6,11-14H2,1H3,(H,18,19)/t15-/m1/s1. The molecule has 124 valence electrons. The summed E-state index contributed by atoms with van der Waals surface area (Å²) in [4.78, 5) is 24.5. The van der Waals surface area contributed by atoms with Gasteiger partial charge in [0, 0.05) is 57.4 Å². The second kappa shape index (κ2) is 7.46. The van der Waals surface area contributed by atoms with Crippen LogP contribution in [0.4, 0.5) is 0 Å². The van der Waals surface area contributed by atoms with Crippen LogP contribution < -0.4 is 0 Å². The van der Waals surface area contributed by atoms with Gasteiger partial charge < -0.3 is 14.5 Å². The third kappa shape index (κ3) is 3.82. The molecule has 23 heavy (non-hydrogen) atoms. The average molecular weight is 315 g/mol. The number of likely N-dealkylation sites (N-methyl/N-ethyl adjacent to an activating group) is 1. The molecule has 1 aliphatic rings. The number of aryl methyl sites for hydroxylation is 1. The molecule has 1 atom stereocenters. The van der Waals surface area contributed by atoms with E-state index < -0.39 is 0 Å². The molecule has 0 bridgehead atoms. The van der Waals surface area contributed by atoms with E-state index in [1.165, 1.54) is 0 Å². The van der Waals surface area contributed by atoms with Crippen molar-refractivity contribution >= 4 is 5.91 Å². The first-order valence-corrected chi connectivity index (χ1v) is 8.39. The maximum atomic E-state index is 12.5. The topological polar surface area (TPSA) is 57.2 Å². The minimum absolute atomic E-state index is 0.178. The van der Waals surface area contributed by atoms with Crippen LogP contribution in [0.25, 0.3) is 0 Å². The summed E-state index contributed by atoms with van der Waals surface area (Å²) in [6, 6.07) is 4.21. The Bertz CT molecular complexity index is 593. The summed E-state index contributed by atoms with van der Waals surface area (Å²) in [5, 5.41) is 0. The number of imidazole rings is 1. The Morgan fingerprint density at radius 2 is 2.17 bits per heavy atom. The van der Waals surface area contributed by atoms with Gasteiger partial charge >= 0.3 is 0 Å². The fourth-order valence-electron chi connectivity index (χ4n) is 3.23. The molecule has 1 saturated heterocycles. The third-order valence-electron chi connectivity index (χ3n) is 4.56. The van der Waals surface area contributed by atoms with Crippen LogP contribution in [0.2, 0.25) is 0 Å². The molecule has 0 unspecified atom stereocenters. The molecule has 2 aromatic rings. The lowest BCUT2D eigenvalue weighted by Gasteiger charge is -2.40. The monoisotopic (exact) mass is 315 g/mol. The zero-order valence-electron chi connectivity index (χ0n) is 13.7. The highest BCUT2D eigenvalue weighted by Gasteiger charge is 2.30. The van der Waals surface area contributed by atoms with Gasteiger partial charge in [-0.15, -0.1) is 0 Å². The fourth-order valence-corrected chi connectivity index (χ4v) is 3.23. The van der Waals surface area contributed by atoms with Crippen molar-refractivity contribution in [2.75, 3.05) is 26.2 Å². The minimum Gasteiger partial charge on any atom is -0.354 e. The van der Waals surface area contributed by atoms with Gasteiger partial charge in [-0.3, -0.25) is 9.69 Å². The summed E-state index contributed by atoms with van der Waals surface area (Å²) < 4.78 is 2.12. The number of H-pyrrole nitrogens is 1. The number of carbonyl (C=O) groups excluding carboxylic acids is 1. The van der Waals surface area contributed by atoms with Gasteiger partial charge in [0.15, 0.2) is 0 Å². The van der Waals surface area contributed by atoms with Crippen molar-refractivity contribution in [1.29, 1.82) is 0 Å². The summed E-state index contributed by atoms with van der Waals surface area (Å²) in [5.41, 5.74) is 0. The van der Waals surface area contributed by atoms with Crippen molar-refractivity contribution in [3.8, 4) is 0 Å². The number of rotatable bonds is 6. The van der Waals surface area contributed by atoms with E-state index in [4.69, 9.17) is 0 Å². The fraction of sp³-hybridized carbons (Fsp3) is 0.529. The molecule has 1 N–H and O–H groups in total. The maximum Gasteiger partial charge on any atom is 0.222 e. The molecule has 0 radical (unpaired) electrons.